The van der Waals surface area contributed by atoms with Crippen molar-refractivity contribution in [2.24, 2.45) is 11.7 Å². The van der Waals surface area contributed by atoms with Crippen molar-refractivity contribution in [2.75, 3.05) is 12.3 Å². The summed E-state index contributed by atoms with van der Waals surface area (Å²) in [5, 5.41) is 7.08. The molecular weight excluding hydrogens is 322 g/mol. The summed E-state index contributed by atoms with van der Waals surface area (Å²) in [6.45, 7) is 4.50. The molecule has 1 heterocycles. The normalized spacial score (nSPS) is 21.2. The number of thioether (sulfide) groups is 1. The molecule has 7 heteroatoms. The molecule has 1 aliphatic carbocycles. The Balaban J connectivity index is 0.00000242. The van der Waals surface area contributed by atoms with Crippen LogP contribution in [-0.4, -0.2) is 29.4 Å². The van der Waals surface area contributed by atoms with E-state index in [-0.39, 0.29) is 24.4 Å². The second kappa shape index (κ2) is 9.43. The summed E-state index contributed by atoms with van der Waals surface area (Å²) < 4.78 is 5.13. The summed E-state index contributed by atoms with van der Waals surface area (Å²) in [5.41, 5.74) is 7.81. The van der Waals surface area contributed by atoms with E-state index >= 15 is 0 Å². The molecular formula is C15H26ClN3O2S. The molecule has 0 saturated heterocycles. The zero-order chi connectivity index (χ0) is 15.2. The van der Waals surface area contributed by atoms with E-state index in [0.717, 1.165) is 35.6 Å². The Morgan fingerprint density at radius 2 is 2.14 bits per heavy atom. The molecule has 5 nitrogen and oxygen atoms in total. The maximum absolute atomic E-state index is 12.1. The largest absolute Gasteiger partial charge is 0.361 e. The topological polar surface area (TPSA) is 81.2 Å². The standard InChI is InChI=1S/C15H25N3O2S.ClH/c1-10-13(11(2)20-18-10)8-21-9-15(19)17-14-6-4-3-5-12(14)7-16;/h12,14H,3-9,16H2,1-2H3,(H,17,19);1H. The summed E-state index contributed by atoms with van der Waals surface area (Å²) >= 11 is 1.60. The van der Waals surface area contributed by atoms with Gasteiger partial charge in [-0.3, -0.25) is 4.79 Å². The summed E-state index contributed by atoms with van der Waals surface area (Å²) in [6.07, 6.45) is 4.61. The van der Waals surface area contributed by atoms with Crippen LogP contribution >= 0.6 is 24.2 Å². The van der Waals surface area contributed by atoms with Crippen LogP contribution in [0, 0.1) is 19.8 Å². The Labute approximate surface area is 142 Å². The molecule has 126 valence electrons. The first-order valence-corrected chi connectivity index (χ1v) is 8.76. The van der Waals surface area contributed by atoms with Gasteiger partial charge in [-0.15, -0.1) is 24.2 Å². The molecule has 1 aromatic heterocycles. The first-order valence-electron chi connectivity index (χ1n) is 7.60. The lowest BCUT2D eigenvalue weighted by atomic mass is 9.84. The molecule has 0 aliphatic heterocycles. The Kier molecular flexibility index (Phi) is 8.28. The van der Waals surface area contributed by atoms with Crippen LogP contribution in [0.15, 0.2) is 4.52 Å². The van der Waals surface area contributed by atoms with Gasteiger partial charge in [0.1, 0.15) is 5.76 Å². The van der Waals surface area contributed by atoms with Gasteiger partial charge in [0.25, 0.3) is 0 Å². The second-order valence-corrected chi connectivity index (χ2v) is 6.74. The Morgan fingerprint density at radius 1 is 1.41 bits per heavy atom. The fraction of sp³-hybridized carbons (Fsp3) is 0.733. The third-order valence-electron chi connectivity index (χ3n) is 4.22. The minimum atomic E-state index is 0. The zero-order valence-electron chi connectivity index (χ0n) is 13.3. The van der Waals surface area contributed by atoms with Crippen molar-refractivity contribution < 1.29 is 9.32 Å². The number of aromatic nitrogens is 1. The molecule has 0 aromatic carbocycles. The summed E-state index contributed by atoms with van der Waals surface area (Å²) in [5.74, 6) is 2.63. The number of hydrogen-bond donors (Lipinski definition) is 2. The first-order chi connectivity index (χ1) is 10.1. The number of carbonyl (C=O) groups is 1. The molecule has 22 heavy (non-hydrogen) atoms. The van der Waals surface area contributed by atoms with Gasteiger partial charge in [-0.25, -0.2) is 0 Å². The van der Waals surface area contributed by atoms with E-state index in [0.29, 0.717) is 18.2 Å². The maximum atomic E-state index is 12.1. The number of nitrogens with zero attached hydrogens (tertiary/aromatic N) is 1. The van der Waals surface area contributed by atoms with Crippen LogP contribution in [0.25, 0.3) is 0 Å². The van der Waals surface area contributed by atoms with Gasteiger partial charge in [0, 0.05) is 17.4 Å². The quantitative estimate of drug-likeness (QED) is 0.826. The number of aryl methyl sites for hydroxylation is 2. The number of carbonyl (C=O) groups excluding carboxylic acids is 1. The first kappa shape index (κ1) is 19.3. The predicted molar refractivity (Wildman–Crippen MR) is 92.3 cm³/mol. The highest BCUT2D eigenvalue weighted by molar-refractivity contribution is 7.99. The zero-order valence-corrected chi connectivity index (χ0v) is 14.9. The minimum absolute atomic E-state index is 0. The van der Waals surface area contributed by atoms with Gasteiger partial charge in [0.15, 0.2) is 0 Å². The smallest absolute Gasteiger partial charge is 0.230 e. The van der Waals surface area contributed by atoms with E-state index in [4.69, 9.17) is 10.3 Å². The lowest BCUT2D eigenvalue weighted by Gasteiger charge is -2.31. The molecule has 0 radical (unpaired) electrons. The third kappa shape index (κ3) is 5.18. The summed E-state index contributed by atoms with van der Waals surface area (Å²) in [4.78, 5) is 12.1. The van der Waals surface area contributed by atoms with E-state index in [1.165, 1.54) is 12.8 Å². The van der Waals surface area contributed by atoms with Crippen LogP contribution in [0.4, 0.5) is 0 Å². The van der Waals surface area contributed by atoms with Crippen LogP contribution in [0.2, 0.25) is 0 Å². The van der Waals surface area contributed by atoms with Crippen molar-refractivity contribution in [3.05, 3.63) is 17.0 Å². The van der Waals surface area contributed by atoms with Crippen LogP contribution in [0.3, 0.4) is 0 Å². The van der Waals surface area contributed by atoms with Crippen LogP contribution in [0.1, 0.15) is 42.7 Å². The number of nitrogens with two attached hydrogens (primary N) is 1. The molecule has 0 bridgehead atoms. The van der Waals surface area contributed by atoms with Crippen molar-refractivity contribution in [3.63, 3.8) is 0 Å². The van der Waals surface area contributed by atoms with Crippen LogP contribution in [-0.2, 0) is 10.5 Å². The van der Waals surface area contributed by atoms with Gasteiger partial charge in [-0.2, -0.15) is 0 Å². The lowest BCUT2D eigenvalue weighted by molar-refractivity contribution is -0.119. The molecule has 1 aliphatic rings. The van der Waals surface area contributed by atoms with Crippen molar-refractivity contribution in [1.29, 1.82) is 0 Å². The Morgan fingerprint density at radius 3 is 2.77 bits per heavy atom. The number of rotatable bonds is 6. The highest BCUT2D eigenvalue weighted by atomic mass is 35.5. The molecule has 0 spiro atoms. The summed E-state index contributed by atoms with van der Waals surface area (Å²) in [7, 11) is 0. The monoisotopic (exact) mass is 347 g/mol. The summed E-state index contributed by atoms with van der Waals surface area (Å²) in [6, 6.07) is 0.260. The SMILES string of the molecule is Cc1noc(C)c1CSCC(=O)NC1CCCCC1CN.Cl. The van der Waals surface area contributed by atoms with E-state index in [9.17, 15) is 4.79 Å². The minimum Gasteiger partial charge on any atom is -0.361 e. The maximum Gasteiger partial charge on any atom is 0.230 e. The lowest BCUT2D eigenvalue weighted by Crippen LogP contribution is -2.45. The fourth-order valence-corrected chi connectivity index (χ4v) is 3.87. The van der Waals surface area contributed by atoms with Gasteiger partial charge in [0.05, 0.1) is 11.4 Å². The number of amides is 1. The molecule has 1 amide bonds. The molecule has 1 fully saturated rings. The Bertz CT molecular complexity index is 462. The molecule has 1 aromatic rings. The number of nitrogens with one attached hydrogen (secondary N) is 1. The van der Waals surface area contributed by atoms with Gasteiger partial charge in [0.2, 0.25) is 5.91 Å². The van der Waals surface area contributed by atoms with Gasteiger partial charge >= 0.3 is 0 Å². The number of halogens is 1. The molecule has 3 N–H and O–H groups in total. The van der Waals surface area contributed by atoms with Crippen molar-refractivity contribution in [3.8, 4) is 0 Å². The molecule has 2 unspecified atom stereocenters. The van der Waals surface area contributed by atoms with Crippen LogP contribution in [0.5, 0.6) is 0 Å². The molecule has 2 rings (SSSR count). The van der Waals surface area contributed by atoms with Crippen molar-refractivity contribution in [1.82, 2.24) is 10.5 Å². The highest BCUT2D eigenvalue weighted by Gasteiger charge is 2.25. The van der Waals surface area contributed by atoms with E-state index in [1.54, 1.807) is 11.8 Å². The van der Waals surface area contributed by atoms with E-state index in [1.807, 2.05) is 13.8 Å². The Hall–Kier alpha value is -0.720. The average molecular weight is 348 g/mol. The third-order valence-corrected chi connectivity index (χ3v) is 5.18. The van der Waals surface area contributed by atoms with Crippen molar-refractivity contribution >= 4 is 30.1 Å². The van der Waals surface area contributed by atoms with Gasteiger partial charge < -0.3 is 15.6 Å². The highest BCUT2D eigenvalue weighted by Crippen LogP contribution is 2.24. The average Bonchev–Trinajstić information content (AvgIpc) is 2.79. The molecule has 2 atom stereocenters. The predicted octanol–water partition coefficient (Wildman–Crippen LogP) is 2.58. The van der Waals surface area contributed by atoms with E-state index in [2.05, 4.69) is 10.5 Å². The molecule has 1 saturated carbocycles. The van der Waals surface area contributed by atoms with Gasteiger partial charge in [-0.1, -0.05) is 18.0 Å². The van der Waals surface area contributed by atoms with Crippen molar-refractivity contribution in [2.45, 2.75) is 51.3 Å². The van der Waals surface area contributed by atoms with E-state index < -0.39 is 0 Å². The van der Waals surface area contributed by atoms with Gasteiger partial charge in [-0.05, 0) is 39.2 Å². The number of hydrogen-bond acceptors (Lipinski definition) is 5. The van der Waals surface area contributed by atoms with Crippen LogP contribution < -0.4 is 11.1 Å². The second-order valence-electron chi connectivity index (χ2n) is 5.75. The fourth-order valence-electron chi connectivity index (χ4n) is 2.88.